The topological polar surface area (TPSA) is 59.7 Å². The lowest BCUT2D eigenvalue weighted by Crippen LogP contribution is -2.05. The number of carbonyl (C=O) groups excluding carboxylic acids is 1. The summed E-state index contributed by atoms with van der Waals surface area (Å²) < 4.78 is 12.6. The van der Waals surface area contributed by atoms with Crippen LogP contribution >= 0.6 is 45.2 Å². The minimum absolute atomic E-state index is 0.0872. The summed E-state index contributed by atoms with van der Waals surface area (Å²) in [5.74, 6) is 1.52. The van der Waals surface area contributed by atoms with E-state index in [9.17, 15) is 9.90 Å². The van der Waals surface area contributed by atoms with Gasteiger partial charge in [0.25, 0.3) is 0 Å². The SMILES string of the molecule is CCCCc1oc2cc(OC)ccc2c1C(=O)c1cc(I)c(O)c(I)c1. The van der Waals surface area contributed by atoms with Crippen LogP contribution in [0.3, 0.4) is 0 Å². The van der Waals surface area contributed by atoms with Crippen molar-refractivity contribution in [3.8, 4) is 11.5 Å². The van der Waals surface area contributed by atoms with Crippen LogP contribution in [0, 0.1) is 7.14 Å². The van der Waals surface area contributed by atoms with Crippen LogP contribution in [-0.4, -0.2) is 18.0 Å². The van der Waals surface area contributed by atoms with E-state index in [1.165, 1.54) is 0 Å². The van der Waals surface area contributed by atoms with Crippen LogP contribution in [0.5, 0.6) is 11.5 Å². The predicted molar refractivity (Wildman–Crippen MR) is 118 cm³/mol. The van der Waals surface area contributed by atoms with Gasteiger partial charge < -0.3 is 14.3 Å². The quantitative estimate of drug-likeness (QED) is 0.292. The highest BCUT2D eigenvalue weighted by atomic mass is 127. The van der Waals surface area contributed by atoms with Crippen molar-refractivity contribution in [1.29, 1.82) is 0 Å². The molecule has 3 aromatic rings. The summed E-state index contributed by atoms with van der Waals surface area (Å²) in [6.07, 6.45) is 2.67. The number of ketones is 1. The van der Waals surface area contributed by atoms with Gasteiger partial charge in [0.15, 0.2) is 5.78 Å². The predicted octanol–water partition coefficient (Wildman–Crippen LogP) is 5.93. The maximum absolute atomic E-state index is 13.3. The number of phenolic OH excluding ortho intramolecular Hbond substituents is 1. The summed E-state index contributed by atoms with van der Waals surface area (Å²) in [6, 6.07) is 8.95. The molecule has 6 heteroatoms. The molecule has 0 aliphatic rings. The molecule has 0 amide bonds. The monoisotopic (exact) mass is 576 g/mol. The summed E-state index contributed by atoms with van der Waals surface area (Å²) in [5.41, 5.74) is 1.81. The third-order valence-corrected chi connectivity index (χ3v) is 5.88. The lowest BCUT2D eigenvalue weighted by Gasteiger charge is -2.07. The Morgan fingerprint density at radius 2 is 1.88 bits per heavy atom. The number of hydrogen-bond donors (Lipinski definition) is 1. The maximum Gasteiger partial charge on any atom is 0.197 e. The molecule has 0 saturated heterocycles. The molecular weight excluding hydrogens is 558 g/mol. The van der Waals surface area contributed by atoms with Gasteiger partial charge in [0.1, 0.15) is 22.8 Å². The van der Waals surface area contributed by atoms with Gasteiger partial charge in [0.2, 0.25) is 0 Å². The summed E-state index contributed by atoms with van der Waals surface area (Å²) in [7, 11) is 1.61. The number of aryl methyl sites for hydroxylation is 1. The van der Waals surface area contributed by atoms with Crippen LogP contribution in [0.2, 0.25) is 0 Å². The van der Waals surface area contributed by atoms with Crippen LogP contribution < -0.4 is 4.74 Å². The molecule has 0 unspecified atom stereocenters. The van der Waals surface area contributed by atoms with Crippen molar-refractivity contribution in [2.75, 3.05) is 7.11 Å². The molecule has 1 aromatic heterocycles. The molecule has 2 aromatic carbocycles. The zero-order valence-corrected chi connectivity index (χ0v) is 18.8. The molecule has 136 valence electrons. The fourth-order valence-electron chi connectivity index (χ4n) is 2.86. The smallest absolute Gasteiger partial charge is 0.197 e. The van der Waals surface area contributed by atoms with E-state index < -0.39 is 0 Å². The van der Waals surface area contributed by atoms with Crippen molar-refractivity contribution < 1.29 is 19.1 Å². The lowest BCUT2D eigenvalue weighted by molar-refractivity contribution is 0.103. The number of methoxy groups -OCH3 is 1. The number of benzene rings is 2. The van der Waals surface area contributed by atoms with Gasteiger partial charge in [-0.1, -0.05) is 13.3 Å². The number of furan rings is 1. The first kappa shape index (κ1) is 19.5. The summed E-state index contributed by atoms with van der Waals surface area (Å²) in [6.45, 7) is 2.11. The van der Waals surface area contributed by atoms with Gasteiger partial charge >= 0.3 is 0 Å². The first-order valence-corrected chi connectivity index (χ1v) is 10.4. The van der Waals surface area contributed by atoms with Crippen LogP contribution in [0.4, 0.5) is 0 Å². The highest BCUT2D eigenvalue weighted by molar-refractivity contribution is 14.1. The van der Waals surface area contributed by atoms with Crippen LogP contribution in [-0.2, 0) is 6.42 Å². The van der Waals surface area contributed by atoms with Gasteiger partial charge in [0.05, 0.1) is 19.8 Å². The molecule has 3 rings (SSSR count). The summed E-state index contributed by atoms with van der Waals surface area (Å²) >= 11 is 4.08. The van der Waals surface area contributed by atoms with Crippen molar-refractivity contribution in [3.63, 3.8) is 0 Å². The molecule has 26 heavy (non-hydrogen) atoms. The highest BCUT2D eigenvalue weighted by Crippen LogP contribution is 2.34. The molecule has 0 atom stereocenters. The van der Waals surface area contributed by atoms with Crippen molar-refractivity contribution in [2.45, 2.75) is 26.2 Å². The first-order valence-electron chi connectivity index (χ1n) is 8.28. The van der Waals surface area contributed by atoms with Crippen molar-refractivity contribution in [2.24, 2.45) is 0 Å². The Bertz CT molecular complexity index is 952. The van der Waals surface area contributed by atoms with Crippen LogP contribution in [0.1, 0.15) is 41.4 Å². The Kier molecular flexibility index (Phi) is 6.11. The van der Waals surface area contributed by atoms with Crippen LogP contribution in [0.25, 0.3) is 11.0 Å². The van der Waals surface area contributed by atoms with E-state index in [2.05, 4.69) is 6.92 Å². The molecule has 0 spiro atoms. The summed E-state index contributed by atoms with van der Waals surface area (Å²) in [5, 5.41) is 10.8. The van der Waals surface area contributed by atoms with Gasteiger partial charge in [-0.25, -0.2) is 0 Å². The fourth-order valence-corrected chi connectivity index (χ4v) is 4.63. The average Bonchev–Trinajstić information content (AvgIpc) is 3.00. The van der Waals surface area contributed by atoms with Crippen molar-refractivity contribution >= 4 is 61.9 Å². The molecular formula is C20H18I2O4. The Hall–Kier alpha value is -1.29. The molecule has 0 saturated carbocycles. The minimum atomic E-state index is -0.0872. The number of hydrogen-bond acceptors (Lipinski definition) is 4. The molecule has 0 aliphatic carbocycles. The van der Waals surface area contributed by atoms with E-state index in [0.717, 1.165) is 18.2 Å². The second-order valence-electron chi connectivity index (χ2n) is 5.98. The molecule has 0 bridgehead atoms. The largest absolute Gasteiger partial charge is 0.506 e. The average molecular weight is 576 g/mol. The second-order valence-corrected chi connectivity index (χ2v) is 8.31. The third kappa shape index (κ3) is 3.71. The second kappa shape index (κ2) is 8.16. The van der Waals surface area contributed by atoms with Crippen molar-refractivity contribution in [1.82, 2.24) is 0 Å². The number of carbonyl (C=O) groups is 1. The molecule has 4 nitrogen and oxygen atoms in total. The van der Waals surface area contributed by atoms with Crippen LogP contribution in [0.15, 0.2) is 34.7 Å². The number of aromatic hydroxyl groups is 1. The number of rotatable bonds is 6. The first-order chi connectivity index (χ1) is 12.5. The Labute approximate surface area is 179 Å². The fraction of sp³-hybridized carbons (Fsp3) is 0.250. The molecule has 0 fully saturated rings. The lowest BCUT2D eigenvalue weighted by atomic mass is 9.98. The van der Waals surface area contributed by atoms with Gasteiger partial charge in [-0.2, -0.15) is 0 Å². The van der Waals surface area contributed by atoms with E-state index in [0.29, 0.717) is 41.8 Å². The number of halogens is 2. The molecule has 1 heterocycles. The van der Waals surface area contributed by atoms with Gasteiger partial charge in [-0.05, 0) is 75.9 Å². The number of ether oxygens (including phenoxy) is 1. The maximum atomic E-state index is 13.3. The Morgan fingerprint density at radius 1 is 1.19 bits per heavy atom. The Morgan fingerprint density at radius 3 is 2.50 bits per heavy atom. The molecule has 0 aliphatic heterocycles. The van der Waals surface area contributed by atoms with E-state index in [4.69, 9.17) is 9.15 Å². The van der Waals surface area contributed by atoms with E-state index >= 15 is 0 Å². The number of unbranched alkanes of at least 4 members (excludes halogenated alkanes) is 1. The number of fused-ring (bicyclic) bond motifs is 1. The van der Waals surface area contributed by atoms with Gasteiger partial charge in [0, 0.05) is 23.4 Å². The highest BCUT2D eigenvalue weighted by Gasteiger charge is 2.23. The zero-order chi connectivity index (χ0) is 18.8. The van der Waals surface area contributed by atoms with E-state index in [-0.39, 0.29) is 11.5 Å². The molecule has 1 N–H and O–H groups in total. The van der Waals surface area contributed by atoms with E-state index in [1.807, 2.05) is 63.4 Å². The Balaban J connectivity index is 2.16. The normalized spacial score (nSPS) is 11.1. The van der Waals surface area contributed by atoms with Crippen molar-refractivity contribution in [3.05, 3.63) is 54.4 Å². The van der Waals surface area contributed by atoms with Gasteiger partial charge in [-0.15, -0.1) is 0 Å². The third-order valence-electron chi connectivity index (χ3n) is 4.23. The minimum Gasteiger partial charge on any atom is -0.506 e. The number of phenols is 1. The standard InChI is InChI=1S/C20H18I2O4/c1-3-4-5-16-18(13-7-6-12(25-2)10-17(13)26-16)19(23)11-8-14(21)20(24)15(22)9-11/h6-10,24H,3-5H2,1-2H3. The van der Waals surface area contributed by atoms with Gasteiger partial charge in [-0.3, -0.25) is 4.79 Å². The van der Waals surface area contributed by atoms with E-state index in [1.54, 1.807) is 19.2 Å². The summed E-state index contributed by atoms with van der Waals surface area (Å²) in [4.78, 5) is 13.3. The molecule has 0 radical (unpaired) electrons. The zero-order valence-electron chi connectivity index (χ0n) is 14.4.